The van der Waals surface area contributed by atoms with Crippen LogP contribution in [0.5, 0.6) is 0 Å². The number of aliphatic carboxylic acids is 2. The highest BCUT2D eigenvalue weighted by atomic mass is 35.5. The molecule has 2 heterocycles. The predicted octanol–water partition coefficient (Wildman–Crippen LogP) is 8.79. The Hall–Kier alpha value is -6.78. The molecule has 0 aromatic heterocycles. The Labute approximate surface area is 400 Å². The summed E-state index contributed by atoms with van der Waals surface area (Å²) in [6.45, 7) is -0.158. The lowest BCUT2D eigenvalue weighted by Gasteiger charge is -2.19. The fourth-order valence-electron chi connectivity index (χ4n) is 6.90. The van der Waals surface area contributed by atoms with E-state index in [1.807, 2.05) is 0 Å². The number of anilines is 3. The van der Waals surface area contributed by atoms with E-state index in [-0.39, 0.29) is 54.4 Å². The minimum absolute atomic E-state index is 0.0325. The molecule has 364 valence electrons. The van der Waals surface area contributed by atoms with Crippen LogP contribution in [0.1, 0.15) is 96.3 Å². The number of carbonyl (C=O) groups excluding carboxylic acids is 6. The number of hydrogen-bond donors (Lipinski definition) is 4. The molecule has 0 saturated heterocycles. The lowest BCUT2D eigenvalue weighted by molar-refractivity contribution is -0.144. The van der Waals surface area contributed by atoms with Gasteiger partial charge in [-0.15, -0.1) is 11.6 Å². The van der Waals surface area contributed by atoms with E-state index in [9.17, 15) is 43.5 Å². The molecule has 7 rings (SSSR count). The summed E-state index contributed by atoms with van der Waals surface area (Å²) in [6, 6.07) is 12.6. The molecule has 2 aliphatic heterocycles. The van der Waals surface area contributed by atoms with Crippen molar-refractivity contribution in [3.05, 3.63) is 109 Å². The van der Waals surface area contributed by atoms with Crippen molar-refractivity contribution in [2.45, 2.75) is 115 Å². The number of alkyl halides is 1. The number of carbonyl (C=O) groups is 7. The Morgan fingerprint density at radius 1 is 0.618 bits per heavy atom. The van der Waals surface area contributed by atoms with Gasteiger partial charge >= 0.3 is 18.0 Å². The number of halogens is 1. The van der Waals surface area contributed by atoms with Crippen molar-refractivity contribution >= 4 is 82.1 Å². The molecule has 5 amide bonds. The molecule has 0 unspecified atom stereocenters. The molecule has 3 aliphatic carbocycles. The summed E-state index contributed by atoms with van der Waals surface area (Å²) < 4.78 is 10.7. The Morgan fingerprint density at radius 3 is 1.51 bits per heavy atom. The van der Waals surface area contributed by atoms with E-state index in [0.29, 0.717) is 22.7 Å². The molecule has 17 nitrogen and oxygen atoms in total. The van der Waals surface area contributed by atoms with Crippen LogP contribution in [0.3, 0.4) is 0 Å². The van der Waals surface area contributed by atoms with Gasteiger partial charge in [-0.2, -0.15) is 4.99 Å². The molecule has 0 radical (unpaired) electrons. The molecule has 3 atom stereocenters. The summed E-state index contributed by atoms with van der Waals surface area (Å²) in [7, 11) is 0. The van der Waals surface area contributed by atoms with Crippen LogP contribution >= 0.6 is 11.6 Å². The molecule has 5 aliphatic rings. The van der Waals surface area contributed by atoms with Crippen LogP contribution in [0.25, 0.3) is 0 Å². The number of aliphatic imine (C=N–C) groups is 1. The SMILES string of the molecule is O=C(Nc1ccc(N2C(=O)C=CC2=O)cc1)O[C@@H]1CC/C=C/CCC1.O=C(O)CCl.O=C(O)CO[C@@H]1CC/C=C/CCC1.O=C=Nc1ccc(N2C(=O)C=CC2=O)cc1.O[C@@H]1CC/C=C/CCC1. The van der Waals surface area contributed by atoms with Gasteiger partial charge in [-0.25, -0.2) is 24.2 Å². The number of ether oxygens (including phenoxy) is 2. The van der Waals surface area contributed by atoms with Gasteiger partial charge in [-0.3, -0.25) is 29.3 Å². The highest BCUT2D eigenvalue weighted by Gasteiger charge is 2.26. The van der Waals surface area contributed by atoms with Crippen LogP contribution in [0.4, 0.5) is 27.5 Å². The first kappa shape index (κ1) is 55.5. The Bertz CT molecular complexity index is 2140. The van der Waals surface area contributed by atoms with Crippen LogP contribution in [-0.4, -0.2) is 93.9 Å². The number of nitrogens with zero attached hydrogens (tertiary/aromatic N) is 3. The van der Waals surface area contributed by atoms with E-state index >= 15 is 0 Å². The van der Waals surface area contributed by atoms with Crippen LogP contribution in [0.2, 0.25) is 0 Å². The fraction of sp³-hybridized carbons (Fsp3) is 0.400. The number of allylic oxidation sites excluding steroid dienone is 6. The van der Waals surface area contributed by atoms with Gasteiger partial charge in [-0.05, 0) is 145 Å². The number of aliphatic hydroxyl groups is 1. The van der Waals surface area contributed by atoms with Crippen molar-refractivity contribution in [3.8, 4) is 0 Å². The van der Waals surface area contributed by atoms with Gasteiger partial charge in [0, 0.05) is 30.0 Å². The Morgan fingerprint density at radius 2 is 1.04 bits per heavy atom. The molecular formula is C50H59ClN4O13. The van der Waals surface area contributed by atoms with Gasteiger partial charge in [0.25, 0.3) is 23.6 Å². The lowest BCUT2D eigenvalue weighted by Crippen LogP contribution is -2.29. The highest BCUT2D eigenvalue weighted by Crippen LogP contribution is 2.24. The zero-order chi connectivity index (χ0) is 49.5. The van der Waals surface area contributed by atoms with Gasteiger partial charge in [0.15, 0.2) is 0 Å². The van der Waals surface area contributed by atoms with Gasteiger partial charge in [0.05, 0.1) is 29.3 Å². The van der Waals surface area contributed by atoms with Crippen LogP contribution in [0.15, 0.2) is 114 Å². The number of benzene rings is 2. The topological polar surface area (TPSA) is 247 Å². The van der Waals surface area contributed by atoms with Crippen LogP contribution in [0, 0.1) is 0 Å². The standard InChI is InChI=1S/C19H20N2O4.C11H6N2O3.C10H16O3.C8H14O.C2H3ClO2/c22-17-12-13-18(23)21(17)15-10-8-14(9-11-15)20-19(24)25-16-6-4-2-1-3-5-7-16;14-7-12-8-1-3-9(4-2-8)13-10(15)5-6-11(13)16;11-10(12)8-13-9-6-4-2-1-3-5-7-9;9-8-6-4-2-1-3-5-7-8;3-1-2(4)5/h1-2,8-13,16H,3-7H2,(H,20,24);1-6H;1-2,9H,3-8H2,(H,11,12);1-2,8-9H,3-7H2;1H2,(H,4,5)/b2-1+;;2*2-1+;/t16-;;9-;8-;/m1.11./s1. The van der Waals surface area contributed by atoms with Gasteiger partial charge in [-0.1, -0.05) is 36.5 Å². The van der Waals surface area contributed by atoms with E-state index < -0.39 is 18.0 Å². The summed E-state index contributed by atoms with van der Waals surface area (Å²) in [5.74, 6) is -3.66. The summed E-state index contributed by atoms with van der Waals surface area (Å²) in [5, 5.41) is 27.9. The smallest absolute Gasteiger partial charge is 0.411 e. The third-order valence-electron chi connectivity index (χ3n) is 10.3. The number of carboxylic acid groups (broad SMARTS) is 2. The zero-order valence-corrected chi connectivity index (χ0v) is 38.5. The molecule has 0 spiro atoms. The van der Waals surface area contributed by atoms with Crippen molar-refractivity contribution in [1.29, 1.82) is 0 Å². The average Bonchev–Trinajstić information content (AvgIpc) is 3.81. The third-order valence-corrected chi connectivity index (χ3v) is 10.5. The fourth-order valence-corrected chi connectivity index (χ4v) is 6.90. The zero-order valence-electron chi connectivity index (χ0n) is 37.8. The first-order chi connectivity index (χ1) is 32.8. The molecule has 18 heteroatoms. The average molecular weight is 959 g/mol. The molecule has 2 aromatic carbocycles. The Kier molecular flexibility index (Phi) is 26.2. The number of rotatable bonds is 9. The molecule has 0 bridgehead atoms. The molecule has 68 heavy (non-hydrogen) atoms. The molecule has 0 fully saturated rings. The number of aliphatic hydroxyl groups excluding tert-OH is 1. The van der Waals surface area contributed by atoms with E-state index in [1.165, 1.54) is 42.5 Å². The second-order valence-electron chi connectivity index (χ2n) is 15.6. The largest absolute Gasteiger partial charge is 0.480 e. The number of carboxylic acids is 2. The summed E-state index contributed by atoms with van der Waals surface area (Å²) in [4.78, 5) is 93.0. The number of amides is 5. The van der Waals surface area contributed by atoms with Crippen LogP contribution in [-0.2, 0) is 43.0 Å². The maximum atomic E-state index is 12.0. The summed E-state index contributed by atoms with van der Waals surface area (Å²) >= 11 is 4.74. The van der Waals surface area contributed by atoms with E-state index in [1.54, 1.807) is 36.4 Å². The first-order valence-electron chi connectivity index (χ1n) is 22.4. The summed E-state index contributed by atoms with van der Waals surface area (Å²) in [6.07, 6.45) is 33.9. The first-order valence-corrected chi connectivity index (χ1v) is 23.0. The summed E-state index contributed by atoms with van der Waals surface area (Å²) in [5.41, 5.74) is 1.88. The van der Waals surface area contributed by atoms with Crippen molar-refractivity contribution in [1.82, 2.24) is 0 Å². The number of imide groups is 2. The quantitative estimate of drug-likeness (QED) is 0.0604. The maximum absolute atomic E-state index is 12.0. The van der Waals surface area contributed by atoms with Crippen molar-refractivity contribution in [2.75, 3.05) is 27.6 Å². The maximum Gasteiger partial charge on any atom is 0.411 e. The number of nitrogens with one attached hydrogen (secondary N) is 1. The Balaban J connectivity index is 0.000000246. The number of isocyanates is 1. The number of hydrogen-bond acceptors (Lipinski definition) is 12. The second-order valence-corrected chi connectivity index (χ2v) is 15.8. The van der Waals surface area contributed by atoms with Crippen molar-refractivity contribution in [2.24, 2.45) is 4.99 Å². The monoisotopic (exact) mass is 958 g/mol. The van der Waals surface area contributed by atoms with Crippen molar-refractivity contribution in [3.63, 3.8) is 0 Å². The van der Waals surface area contributed by atoms with Crippen LogP contribution < -0.4 is 15.1 Å². The molecular weight excluding hydrogens is 900 g/mol. The van der Waals surface area contributed by atoms with E-state index in [2.05, 4.69) is 46.8 Å². The minimum Gasteiger partial charge on any atom is -0.480 e. The van der Waals surface area contributed by atoms with Gasteiger partial charge in [0.1, 0.15) is 18.6 Å². The normalized spacial score (nSPS) is 21.1. The van der Waals surface area contributed by atoms with Crippen molar-refractivity contribution < 1.29 is 63.1 Å². The van der Waals surface area contributed by atoms with Gasteiger partial charge < -0.3 is 24.8 Å². The second kappa shape index (κ2) is 32.0. The van der Waals surface area contributed by atoms with Gasteiger partial charge in [0.2, 0.25) is 6.08 Å². The molecule has 2 aromatic rings. The van der Waals surface area contributed by atoms with E-state index in [0.717, 1.165) is 106 Å². The molecule has 4 N–H and O–H groups in total. The predicted molar refractivity (Wildman–Crippen MR) is 256 cm³/mol. The lowest BCUT2D eigenvalue weighted by atomic mass is 10.0. The third kappa shape index (κ3) is 22.1. The highest BCUT2D eigenvalue weighted by molar-refractivity contribution is 6.29. The molecule has 0 saturated carbocycles. The minimum atomic E-state index is -0.980. The van der Waals surface area contributed by atoms with E-state index in [4.69, 9.17) is 31.3 Å².